The molecule has 0 atom stereocenters. The Morgan fingerprint density at radius 1 is 0.656 bits per heavy atom. The third-order valence-corrected chi connectivity index (χ3v) is 5.91. The van der Waals surface area contributed by atoms with Crippen molar-refractivity contribution in [3.8, 4) is 11.1 Å². The van der Waals surface area contributed by atoms with Gasteiger partial charge in [0.2, 0.25) is 0 Å². The highest BCUT2D eigenvalue weighted by atomic mass is 16.4. The van der Waals surface area contributed by atoms with Crippen LogP contribution in [0.1, 0.15) is 10.4 Å². The number of aromatic nitrogens is 1. The lowest BCUT2D eigenvalue weighted by molar-refractivity contribution is 0.0957. The van der Waals surface area contributed by atoms with E-state index in [-0.39, 0.29) is 0 Å². The molecule has 1 aromatic heterocycles. The molecule has 0 saturated carbocycles. The van der Waals surface area contributed by atoms with Gasteiger partial charge in [-0.25, -0.2) is 9.36 Å². The Morgan fingerprint density at radius 2 is 1.31 bits per heavy atom. The van der Waals surface area contributed by atoms with E-state index >= 15 is 0 Å². The van der Waals surface area contributed by atoms with Crippen molar-refractivity contribution in [3.63, 3.8) is 0 Å². The first-order valence-corrected chi connectivity index (χ1v) is 10.4. The Hall–Kier alpha value is -4.44. The van der Waals surface area contributed by atoms with Crippen LogP contribution in [0.15, 0.2) is 112 Å². The Bertz CT molecular complexity index is 1720. The third-order valence-electron chi connectivity index (χ3n) is 5.91. The summed E-state index contributed by atoms with van der Waals surface area (Å²) < 4.78 is 6.45. The minimum atomic E-state index is -0.687. The average molecular weight is 415 g/mol. The number of hydrogen-bond acceptors (Lipinski definition) is 3. The molecule has 6 rings (SSSR count). The standard InChI is InChI=1S/C28H17NO3/c30-27(29-24-14-5-6-15-25(24)32-28(29)31)23-17-16-19-9-2-4-12-21(19)26(23)22-13-7-10-18-8-1-3-11-20(18)22/h1-17H. The molecule has 0 N–H and O–H groups in total. The van der Waals surface area contributed by atoms with Crippen LogP contribution in [0.3, 0.4) is 0 Å². The molecular weight excluding hydrogens is 398 g/mol. The molecule has 0 fully saturated rings. The summed E-state index contributed by atoms with van der Waals surface area (Å²) in [6.07, 6.45) is 0. The van der Waals surface area contributed by atoms with Gasteiger partial charge >= 0.3 is 5.76 Å². The van der Waals surface area contributed by atoms with Gasteiger partial charge in [0.05, 0.1) is 5.52 Å². The maximum Gasteiger partial charge on any atom is 0.427 e. The predicted octanol–water partition coefficient (Wildman–Crippen LogP) is 6.26. The van der Waals surface area contributed by atoms with E-state index in [1.54, 1.807) is 30.3 Å². The highest BCUT2D eigenvalue weighted by Crippen LogP contribution is 2.37. The lowest BCUT2D eigenvalue weighted by Crippen LogP contribution is -2.23. The van der Waals surface area contributed by atoms with Crippen LogP contribution < -0.4 is 5.76 Å². The largest absolute Gasteiger partial charge is 0.427 e. The number of fused-ring (bicyclic) bond motifs is 3. The molecule has 152 valence electrons. The smallest absolute Gasteiger partial charge is 0.407 e. The number of carbonyl (C=O) groups is 1. The number of carbonyl (C=O) groups excluding carboxylic acids is 1. The van der Waals surface area contributed by atoms with E-state index in [1.165, 1.54) is 0 Å². The van der Waals surface area contributed by atoms with Gasteiger partial charge in [-0.1, -0.05) is 84.9 Å². The zero-order chi connectivity index (χ0) is 21.7. The van der Waals surface area contributed by atoms with Gasteiger partial charge in [-0.15, -0.1) is 0 Å². The summed E-state index contributed by atoms with van der Waals surface area (Å²) in [6, 6.07) is 32.8. The lowest BCUT2D eigenvalue weighted by atomic mass is 9.90. The second-order valence-electron chi connectivity index (χ2n) is 7.71. The molecule has 4 heteroatoms. The lowest BCUT2D eigenvalue weighted by Gasteiger charge is -2.15. The van der Waals surface area contributed by atoms with Crippen molar-refractivity contribution < 1.29 is 9.21 Å². The van der Waals surface area contributed by atoms with Crippen LogP contribution in [0.2, 0.25) is 0 Å². The summed E-state index contributed by atoms with van der Waals surface area (Å²) in [7, 11) is 0. The van der Waals surface area contributed by atoms with E-state index < -0.39 is 11.7 Å². The quantitative estimate of drug-likeness (QED) is 0.336. The van der Waals surface area contributed by atoms with Crippen LogP contribution in [0.5, 0.6) is 0 Å². The van der Waals surface area contributed by atoms with E-state index in [9.17, 15) is 9.59 Å². The van der Waals surface area contributed by atoms with Crippen molar-refractivity contribution in [3.05, 3.63) is 119 Å². The van der Waals surface area contributed by atoms with Crippen molar-refractivity contribution >= 4 is 38.6 Å². The zero-order valence-corrected chi connectivity index (χ0v) is 17.0. The van der Waals surface area contributed by atoms with Crippen molar-refractivity contribution in [1.29, 1.82) is 0 Å². The van der Waals surface area contributed by atoms with Crippen LogP contribution in [0.4, 0.5) is 0 Å². The molecule has 0 spiro atoms. The van der Waals surface area contributed by atoms with E-state index in [2.05, 4.69) is 18.2 Å². The van der Waals surface area contributed by atoms with Crippen LogP contribution in [0.25, 0.3) is 43.8 Å². The molecule has 32 heavy (non-hydrogen) atoms. The van der Waals surface area contributed by atoms with E-state index in [0.717, 1.165) is 37.2 Å². The fourth-order valence-corrected chi connectivity index (χ4v) is 4.46. The summed E-state index contributed by atoms with van der Waals surface area (Å²) in [4.78, 5) is 26.5. The maximum atomic E-state index is 13.8. The molecule has 0 saturated heterocycles. The van der Waals surface area contributed by atoms with Crippen LogP contribution in [-0.4, -0.2) is 10.5 Å². The highest BCUT2D eigenvalue weighted by Gasteiger charge is 2.23. The van der Waals surface area contributed by atoms with Crippen molar-refractivity contribution in [2.75, 3.05) is 0 Å². The molecule has 1 heterocycles. The minimum Gasteiger partial charge on any atom is -0.407 e. The van der Waals surface area contributed by atoms with E-state index in [1.807, 2.05) is 54.6 Å². The average Bonchev–Trinajstić information content (AvgIpc) is 3.18. The summed E-state index contributed by atoms with van der Waals surface area (Å²) >= 11 is 0. The predicted molar refractivity (Wildman–Crippen MR) is 127 cm³/mol. The van der Waals surface area contributed by atoms with Crippen molar-refractivity contribution in [1.82, 2.24) is 4.57 Å². The Kier molecular flexibility index (Phi) is 4.05. The molecule has 0 amide bonds. The number of benzene rings is 5. The summed E-state index contributed by atoms with van der Waals surface area (Å²) in [6.45, 7) is 0. The topological polar surface area (TPSA) is 52.2 Å². The molecular formula is C28H17NO3. The van der Waals surface area contributed by atoms with Crippen LogP contribution in [0, 0.1) is 0 Å². The Balaban J connectivity index is 1.71. The van der Waals surface area contributed by atoms with Gasteiger partial charge < -0.3 is 4.42 Å². The van der Waals surface area contributed by atoms with Gasteiger partial charge in [0.15, 0.2) is 5.58 Å². The number of nitrogens with zero attached hydrogens (tertiary/aromatic N) is 1. The van der Waals surface area contributed by atoms with Gasteiger partial charge in [-0.2, -0.15) is 0 Å². The number of oxazole rings is 1. The SMILES string of the molecule is O=C(c1ccc2ccccc2c1-c1cccc2ccccc12)n1c(=O)oc2ccccc21. The van der Waals surface area contributed by atoms with Gasteiger partial charge in [-0.3, -0.25) is 4.79 Å². The van der Waals surface area contributed by atoms with Gasteiger partial charge in [-0.05, 0) is 45.3 Å². The maximum absolute atomic E-state index is 13.8. The Morgan fingerprint density at radius 3 is 2.16 bits per heavy atom. The first-order chi connectivity index (χ1) is 15.7. The molecule has 0 aliphatic heterocycles. The highest BCUT2D eigenvalue weighted by molar-refractivity contribution is 6.15. The molecule has 6 aromatic rings. The van der Waals surface area contributed by atoms with Gasteiger partial charge in [0, 0.05) is 11.1 Å². The molecule has 0 unspecified atom stereocenters. The summed E-state index contributed by atoms with van der Waals surface area (Å²) in [5, 5.41) is 4.11. The van der Waals surface area contributed by atoms with E-state index in [4.69, 9.17) is 4.42 Å². The molecule has 0 aliphatic carbocycles. The second-order valence-corrected chi connectivity index (χ2v) is 7.71. The van der Waals surface area contributed by atoms with Crippen molar-refractivity contribution in [2.45, 2.75) is 0 Å². The van der Waals surface area contributed by atoms with Crippen LogP contribution >= 0.6 is 0 Å². The molecule has 0 bridgehead atoms. The van der Waals surface area contributed by atoms with Gasteiger partial charge in [0.1, 0.15) is 0 Å². The first kappa shape index (κ1) is 18.3. The molecule has 0 aliphatic rings. The van der Waals surface area contributed by atoms with E-state index in [0.29, 0.717) is 16.7 Å². The third kappa shape index (κ3) is 2.70. The normalized spacial score (nSPS) is 11.4. The minimum absolute atomic E-state index is 0.387. The summed E-state index contributed by atoms with van der Waals surface area (Å²) in [5.74, 6) is -1.10. The number of rotatable bonds is 2. The van der Waals surface area contributed by atoms with Crippen LogP contribution in [-0.2, 0) is 0 Å². The zero-order valence-electron chi connectivity index (χ0n) is 17.0. The van der Waals surface area contributed by atoms with Crippen molar-refractivity contribution in [2.24, 2.45) is 0 Å². The fraction of sp³-hybridized carbons (Fsp3) is 0. The second kappa shape index (κ2) is 7.06. The Labute approximate surface area is 183 Å². The first-order valence-electron chi connectivity index (χ1n) is 10.4. The molecule has 4 nitrogen and oxygen atoms in total. The molecule has 0 radical (unpaired) electrons. The fourth-order valence-electron chi connectivity index (χ4n) is 4.46. The molecule has 5 aromatic carbocycles. The monoisotopic (exact) mass is 415 g/mol. The van der Waals surface area contributed by atoms with Gasteiger partial charge in [0.25, 0.3) is 5.91 Å². The number of para-hydroxylation sites is 2. The number of hydrogen-bond donors (Lipinski definition) is 0. The summed E-state index contributed by atoms with van der Waals surface area (Å²) in [5.41, 5.74) is 3.05.